The van der Waals surface area contributed by atoms with Crippen LogP contribution in [0.15, 0.2) is 64.8 Å². The molecule has 5 aromatic rings. The Labute approximate surface area is 183 Å². The molecule has 3 heterocycles. The number of aryl methyl sites for hydroxylation is 3. The van der Waals surface area contributed by atoms with Crippen LogP contribution in [-0.2, 0) is 6.42 Å². The van der Waals surface area contributed by atoms with E-state index in [9.17, 15) is 4.79 Å². The third-order valence-corrected chi connectivity index (χ3v) is 6.41. The summed E-state index contributed by atoms with van der Waals surface area (Å²) in [5.74, 6) is 1.43. The van der Waals surface area contributed by atoms with Crippen molar-refractivity contribution in [1.29, 1.82) is 0 Å². The van der Waals surface area contributed by atoms with Crippen LogP contribution in [-0.4, -0.2) is 35.1 Å². The Kier molecular flexibility index (Phi) is 5.07. The van der Waals surface area contributed by atoms with Gasteiger partial charge < -0.3 is 0 Å². The van der Waals surface area contributed by atoms with Gasteiger partial charge in [-0.25, -0.2) is 4.57 Å². The highest BCUT2D eigenvalue weighted by Gasteiger charge is 2.18. The van der Waals surface area contributed by atoms with E-state index in [0.29, 0.717) is 11.2 Å². The predicted molar refractivity (Wildman–Crippen MR) is 123 cm³/mol. The number of fused-ring (bicyclic) bond motifs is 3. The number of nitrogens with zero attached hydrogens (tertiary/aromatic N) is 5. The smallest absolute Gasteiger partial charge is 0.267 e. The molecule has 8 heteroatoms. The van der Waals surface area contributed by atoms with Gasteiger partial charge in [-0.3, -0.25) is 14.3 Å². The number of aromatic nitrogens is 6. The number of aromatic amines is 1. The van der Waals surface area contributed by atoms with Crippen LogP contribution in [0, 0.1) is 13.8 Å². The first-order valence-electron chi connectivity index (χ1n) is 10.2. The second kappa shape index (κ2) is 8.03. The van der Waals surface area contributed by atoms with Crippen LogP contribution < -0.4 is 5.56 Å². The zero-order valence-corrected chi connectivity index (χ0v) is 18.2. The molecule has 0 bridgehead atoms. The first kappa shape index (κ1) is 19.6. The molecule has 0 saturated heterocycles. The summed E-state index contributed by atoms with van der Waals surface area (Å²) in [5.41, 5.74) is 4.88. The summed E-state index contributed by atoms with van der Waals surface area (Å²) in [6.45, 7) is 4.03. The van der Waals surface area contributed by atoms with E-state index in [4.69, 9.17) is 0 Å². The number of thioether (sulfide) groups is 1. The molecule has 1 N–H and O–H groups in total. The third-order valence-electron chi connectivity index (χ3n) is 5.40. The Balaban J connectivity index is 1.62. The van der Waals surface area contributed by atoms with E-state index in [1.807, 2.05) is 73.1 Å². The fourth-order valence-corrected chi connectivity index (χ4v) is 4.68. The molecule has 0 fully saturated rings. The molecule has 0 unspecified atom stereocenters. The molecule has 3 aromatic heterocycles. The second-order valence-electron chi connectivity index (χ2n) is 7.62. The summed E-state index contributed by atoms with van der Waals surface area (Å²) >= 11 is 1.65. The molecular formula is C23H22N6OS. The molecular weight excluding hydrogens is 408 g/mol. The zero-order chi connectivity index (χ0) is 21.4. The van der Waals surface area contributed by atoms with Crippen molar-refractivity contribution in [3.63, 3.8) is 0 Å². The Hall–Kier alpha value is -3.39. The van der Waals surface area contributed by atoms with Gasteiger partial charge in [0.05, 0.1) is 22.8 Å². The molecule has 0 amide bonds. The van der Waals surface area contributed by atoms with Crippen molar-refractivity contribution in [3.8, 4) is 5.69 Å². The Morgan fingerprint density at radius 1 is 1.10 bits per heavy atom. The topological polar surface area (TPSA) is 80.9 Å². The van der Waals surface area contributed by atoms with Crippen molar-refractivity contribution in [2.24, 2.45) is 0 Å². The van der Waals surface area contributed by atoms with Crippen LogP contribution in [0.2, 0.25) is 0 Å². The van der Waals surface area contributed by atoms with E-state index in [2.05, 4.69) is 20.4 Å². The van der Waals surface area contributed by atoms with Gasteiger partial charge in [-0.1, -0.05) is 36.0 Å². The van der Waals surface area contributed by atoms with Crippen molar-refractivity contribution in [1.82, 2.24) is 29.4 Å². The monoisotopic (exact) mass is 430 g/mol. The van der Waals surface area contributed by atoms with Crippen LogP contribution in [0.4, 0.5) is 0 Å². The van der Waals surface area contributed by atoms with E-state index in [0.717, 1.165) is 46.1 Å². The maximum atomic E-state index is 13.5. The van der Waals surface area contributed by atoms with Crippen LogP contribution >= 0.6 is 11.8 Å². The lowest BCUT2D eigenvalue weighted by molar-refractivity contribution is 0.906. The molecule has 7 nitrogen and oxygen atoms in total. The molecule has 0 spiro atoms. The fraction of sp³-hybridized carbons (Fsp3) is 0.217. The Morgan fingerprint density at radius 3 is 2.81 bits per heavy atom. The molecule has 5 rings (SSSR count). The molecule has 0 aliphatic rings. The minimum absolute atomic E-state index is 0.0827. The lowest BCUT2D eigenvalue weighted by Crippen LogP contribution is -2.22. The Morgan fingerprint density at radius 2 is 1.97 bits per heavy atom. The van der Waals surface area contributed by atoms with E-state index < -0.39 is 0 Å². The van der Waals surface area contributed by atoms with Crippen molar-refractivity contribution in [2.45, 2.75) is 31.8 Å². The summed E-state index contributed by atoms with van der Waals surface area (Å²) < 4.78 is 3.69. The zero-order valence-electron chi connectivity index (χ0n) is 17.4. The normalized spacial score (nSPS) is 11.5. The first-order valence-corrected chi connectivity index (χ1v) is 11.2. The third kappa shape index (κ3) is 3.53. The highest BCUT2D eigenvalue weighted by molar-refractivity contribution is 7.99. The number of hydrogen-bond acceptors (Lipinski definition) is 5. The molecule has 0 aliphatic carbocycles. The average Bonchev–Trinajstić information content (AvgIpc) is 3.44. The largest absolute Gasteiger partial charge is 0.285 e. The van der Waals surface area contributed by atoms with Crippen molar-refractivity contribution in [3.05, 3.63) is 81.9 Å². The summed E-state index contributed by atoms with van der Waals surface area (Å²) in [5, 5.41) is 17.2. The SMILES string of the molecule is Cc1ccc(C)c(-n2c(=O)c3ccccc3n3c(SCCCc4cn[nH]c4)nnc23)c1. The van der Waals surface area contributed by atoms with Crippen molar-refractivity contribution in [2.75, 3.05) is 5.75 Å². The number of H-pyrrole nitrogens is 1. The first-order chi connectivity index (χ1) is 15.1. The summed E-state index contributed by atoms with van der Waals surface area (Å²) in [4.78, 5) is 13.5. The van der Waals surface area contributed by atoms with E-state index in [1.165, 1.54) is 5.56 Å². The summed E-state index contributed by atoms with van der Waals surface area (Å²) in [7, 11) is 0. The summed E-state index contributed by atoms with van der Waals surface area (Å²) in [6.07, 6.45) is 5.73. The van der Waals surface area contributed by atoms with Crippen molar-refractivity contribution >= 4 is 28.4 Å². The maximum Gasteiger partial charge on any atom is 0.267 e. The van der Waals surface area contributed by atoms with Gasteiger partial charge >= 0.3 is 0 Å². The summed E-state index contributed by atoms with van der Waals surface area (Å²) in [6, 6.07) is 13.8. The predicted octanol–water partition coefficient (Wildman–Crippen LogP) is 4.10. The number of benzene rings is 2. The van der Waals surface area contributed by atoms with Gasteiger partial charge in [0, 0.05) is 11.9 Å². The lowest BCUT2D eigenvalue weighted by Gasteiger charge is -2.14. The van der Waals surface area contributed by atoms with Gasteiger partial charge in [0.1, 0.15) is 0 Å². The molecule has 0 atom stereocenters. The van der Waals surface area contributed by atoms with Gasteiger partial charge in [0.15, 0.2) is 5.16 Å². The van der Waals surface area contributed by atoms with Crippen LogP contribution in [0.1, 0.15) is 23.1 Å². The van der Waals surface area contributed by atoms with Gasteiger partial charge in [0.25, 0.3) is 5.56 Å². The Bertz CT molecular complexity index is 1430. The molecule has 31 heavy (non-hydrogen) atoms. The minimum atomic E-state index is -0.0827. The quantitative estimate of drug-likeness (QED) is 0.324. The number of hydrogen-bond donors (Lipinski definition) is 1. The lowest BCUT2D eigenvalue weighted by atomic mass is 10.1. The van der Waals surface area contributed by atoms with Gasteiger partial charge in [-0.05, 0) is 61.6 Å². The van der Waals surface area contributed by atoms with Crippen LogP contribution in [0.5, 0.6) is 0 Å². The molecule has 0 radical (unpaired) electrons. The van der Waals surface area contributed by atoms with Gasteiger partial charge in [-0.15, -0.1) is 10.2 Å². The van der Waals surface area contributed by atoms with Crippen molar-refractivity contribution < 1.29 is 0 Å². The number of rotatable bonds is 6. The van der Waals surface area contributed by atoms with Gasteiger partial charge in [-0.2, -0.15) is 5.10 Å². The fourth-order valence-electron chi connectivity index (χ4n) is 3.80. The number of para-hydroxylation sites is 1. The molecule has 0 aliphatic heterocycles. The highest BCUT2D eigenvalue weighted by Crippen LogP contribution is 2.25. The highest BCUT2D eigenvalue weighted by atomic mass is 32.2. The van der Waals surface area contributed by atoms with E-state index in [1.54, 1.807) is 16.3 Å². The number of nitrogens with one attached hydrogen (secondary N) is 1. The van der Waals surface area contributed by atoms with Crippen LogP contribution in [0.25, 0.3) is 22.4 Å². The average molecular weight is 431 g/mol. The molecule has 2 aromatic carbocycles. The van der Waals surface area contributed by atoms with E-state index >= 15 is 0 Å². The standard InChI is InChI=1S/C23H22N6OS/c1-15-9-10-16(2)20(12-15)28-21(30)18-7-3-4-8-19(18)29-22(28)26-27-23(29)31-11-5-6-17-13-24-25-14-17/h3-4,7-10,12-14H,5-6,11H2,1-2H3,(H,24,25). The maximum absolute atomic E-state index is 13.5. The molecule has 156 valence electrons. The van der Waals surface area contributed by atoms with Crippen LogP contribution in [0.3, 0.4) is 0 Å². The molecule has 0 saturated carbocycles. The minimum Gasteiger partial charge on any atom is -0.285 e. The van der Waals surface area contributed by atoms with Gasteiger partial charge in [0.2, 0.25) is 5.78 Å². The second-order valence-corrected chi connectivity index (χ2v) is 8.69. The van der Waals surface area contributed by atoms with E-state index in [-0.39, 0.29) is 5.56 Å².